The van der Waals surface area contributed by atoms with Gasteiger partial charge in [0.1, 0.15) is 12.0 Å². The molecule has 0 aliphatic rings. The number of hydrogen-bond acceptors (Lipinski definition) is 9. The van der Waals surface area contributed by atoms with Gasteiger partial charge in [0.15, 0.2) is 4.34 Å². The van der Waals surface area contributed by atoms with Crippen LogP contribution in [0.2, 0.25) is 0 Å². The number of anilines is 1. The molecule has 0 aliphatic carbocycles. The molecule has 0 saturated heterocycles. The largest absolute Gasteiger partial charge is 0.464 e. The maximum atomic E-state index is 12.2. The lowest BCUT2D eigenvalue weighted by Gasteiger charge is -2.04. The highest BCUT2D eigenvalue weighted by atomic mass is 32.2. The summed E-state index contributed by atoms with van der Waals surface area (Å²) in [5.74, 6) is -0.227. The van der Waals surface area contributed by atoms with Crippen molar-refractivity contribution < 1.29 is 18.7 Å². The van der Waals surface area contributed by atoms with Crippen molar-refractivity contribution in [2.75, 3.05) is 5.32 Å². The van der Waals surface area contributed by atoms with Crippen molar-refractivity contribution in [3.05, 3.63) is 64.2 Å². The number of hydrogen-bond donors (Lipinski definition) is 1. The number of aromatic nitrogens is 2. The first-order valence-corrected chi connectivity index (χ1v) is 10.0. The van der Waals surface area contributed by atoms with E-state index in [1.165, 1.54) is 29.2 Å². The third-order valence-corrected chi connectivity index (χ3v) is 5.37. The van der Waals surface area contributed by atoms with Crippen LogP contribution in [0.4, 0.5) is 5.13 Å². The van der Waals surface area contributed by atoms with Gasteiger partial charge in [0.25, 0.3) is 0 Å². The van der Waals surface area contributed by atoms with Gasteiger partial charge in [-0.3, -0.25) is 9.59 Å². The van der Waals surface area contributed by atoms with Crippen molar-refractivity contribution in [1.29, 1.82) is 0 Å². The van der Waals surface area contributed by atoms with E-state index in [0.29, 0.717) is 33.0 Å². The zero-order chi connectivity index (χ0) is 19.9. The highest BCUT2D eigenvalue weighted by Gasteiger charge is 2.13. The Bertz CT molecular complexity index is 1030. The molecule has 1 amide bonds. The number of carbonyl (C=O) groups excluding carboxylic acids is 2. The normalized spacial score (nSPS) is 10.5. The van der Waals surface area contributed by atoms with E-state index in [-0.39, 0.29) is 11.7 Å². The summed E-state index contributed by atoms with van der Waals surface area (Å²) < 4.78 is 11.1. The van der Waals surface area contributed by atoms with E-state index in [2.05, 4.69) is 15.5 Å². The fourth-order valence-electron chi connectivity index (χ4n) is 1.98. The highest BCUT2D eigenvalue weighted by molar-refractivity contribution is 8.00. The molecule has 3 aromatic rings. The lowest BCUT2D eigenvalue weighted by molar-refractivity contribution is -0.115. The molecule has 0 bridgehead atoms. The third kappa shape index (κ3) is 5.27. The van der Waals surface area contributed by atoms with Crippen LogP contribution in [0.1, 0.15) is 29.5 Å². The number of amides is 1. The van der Waals surface area contributed by atoms with Crippen molar-refractivity contribution in [2.45, 2.75) is 23.4 Å². The summed E-state index contributed by atoms with van der Waals surface area (Å²) in [6.07, 6.45) is 1.47. The van der Waals surface area contributed by atoms with Gasteiger partial charge < -0.3 is 14.5 Å². The smallest absolute Gasteiger partial charge is 0.343 e. The first kappa shape index (κ1) is 19.8. The van der Waals surface area contributed by atoms with Crippen LogP contribution in [0.25, 0.3) is 0 Å². The van der Waals surface area contributed by atoms with Crippen LogP contribution in [0.15, 0.2) is 56.2 Å². The minimum Gasteiger partial charge on any atom is -0.464 e. The molecule has 2 aromatic heterocycles. The van der Waals surface area contributed by atoms with Crippen molar-refractivity contribution in [3.8, 4) is 5.75 Å². The van der Waals surface area contributed by atoms with Gasteiger partial charge in [-0.25, -0.2) is 4.79 Å². The fraction of sp³-hybridized carbons (Fsp3) is 0.167. The Hall–Kier alpha value is -2.98. The molecule has 0 aliphatic heterocycles. The fourth-order valence-corrected chi connectivity index (χ4v) is 3.64. The van der Waals surface area contributed by atoms with Gasteiger partial charge in [-0.05, 0) is 12.1 Å². The van der Waals surface area contributed by atoms with Crippen molar-refractivity contribution in [2.24, 2.45) is 0 Å². The standard InChI is InChI=1S/C18H15N3O5S2/c1-2-15(23)19-17-20-21-18(28-17)27-10-12-8-13(22)14(9-25-12)26-16(24)11-6-4-3-5-7-11/h3-9H,2,10H2,1H3,(H,19,20,23). The second-order valence-corrected chi connectivity index (χ2v) is 7.59. The predicted octanol–water partition coefficient (Wildman–Crippen LogP) is 3.35. The van der Waals surface area contributed by atoms with Crippen molar-refractivity contribution in [3.63, 3.8) is 0 Å². The monoisotopic (exact) mass is 417 g/mol. The summed E-state index contributed by atoms with van der Waals surface area (Å²) >= 11 is 2.54. The number of ether oxygens (including phenoxy) is 1. The molecular weight excluding hydrogens is 402 g/mol. The number of nitrogens with zero attached hydrogens (tertiary/aromatic N) is 2. The summed E-state index contributed by atoms with van der Waals surface area (Å²) in [6, 6.07) is 9.62. The Kier molecular flexibility index (Phi) is 6.56. The van der Waals surface area contributed by atoms with E-state index in [1.807, 2.05) is 0 Å². The van der Waals surface area contributed by atoms with E-state index < -0.39 is 11.4 Å². The predicted molar refractivity (Wildman–Crippen MR) is 105 cm³/mol. The highest BCUT2D eigenvalue weighted by Crippen LogP contribution is 2.28. The number of benzene rings is 1. The molecule has 1 aromatic carbocycles. The molecule has 10 heteroatoms. The van der Waals surface area contributed by atoms with E-state index >= 15 is 0 Å². The average molecular weight is 417 g/mol. The summed E-state index contributed by atoms with van der Waals surface area (Å²) in [7, 11) is 0. The van der Waals surface area contributed by atoms with Gasteiger partial charge in [-0.2, -0.15) is 0 Å². The summed E-state index contributed by atoms with van der Waals surface area (Å²) in [5, 5.41) is 10.9. The van der Waals surface area contributed by atoms with Crippen LogP contribution in [-0.2, 0) is 10.5 Å². The van der Waals surface area contributed by atoms with Gasteiger partial charge in [0.2, 0.25) is 22.2 Å². The Morgan fingerprint density at radius 1 is 1.25 bits per heavy atom. The van der Waals surface area contributed by atoms with E-state index in [0.717, 1.165) is 6.26 Å². The second-order valence-electron chi connectivity index (χ2n) is 5.39. The second kappa shape index (κ2) is 9.29. The molecule has 3 rings (SSSR count). The molecule has 8 nitrogen and oxygen atoms in total. The van der Waals surface area contributed by atoms with E-state index in [1.54, 1.807) is 37.3 Å². The SMILES string of the molecule is CCC(=O)Nc1nnc(SCc2cc(=O)c(OC(=O)c3ccccc3)co2)s1. The van der Waals surface area contributed by atoms with Crippen molar-refractivity contribution >= 4 is 40.1 Å². The quantitative estimate of drug-likeness (QED) is 0.354. The van der Waals surface area contributed by atoms with Gasteiger partial charge >= 0.3 is 5.97 Å². The van der Waals surface area contributed by atoms with E-state index in [4.69, 9.17) is 9.15 Å². The van der Waals surface area contributed by atoms with Gasteiger partial charge in [-0.1, -0.05) is 48.2 Å². The first-order chi connectivity index (χ1) is 13.5. The molecule has 0 fully saturated rings. The van der Waals surface area contributed by atoms with Crippen LogP contribution >= 0.6 is 23.1 Å². The minimum absolute atomic E-state index is 0.140. The maximum Gasteiger partial charge on any atom is 0.343 e. The zero-order valence-corrected chi connectivity index (χ0v) is 16.3. The maximum absolute atomic E-state index is 12.2. The molecule has 0 radical (unpaired) electrons. The number of esters is 1. The van der Waals surface area contributed by atoms with Crippen LogP contribution in [0.3, 0.4) is 0 Å². The van der Waals surface area contributed by atoms with Gasteiger partial charge in [0, 0.05) is 12.5 Å². The molecule has 1 N–H and O–H groups in total. The molecule has 0 spiro atoms. The van der Waals surface area contributed by atoms with Gasteiger partial charge in [0.05, 0.1) is 11.3 Å². The number of thioether (sulfide) groups is 1. The number of rotatable bonds is 7. The first-order valence-electron chi connectivity index (χ1n) is 8.20. The molecule has 0 saturated carbocycles. The summed E-state index contributed by atoms with van der Waals surface area (Å²) in [6.45, 7) is 1.74. The molecular formula is C18H15N3O5S2. The Labute approximate surface area is 167 Å². The molecule has 0 atom stereocenters. The number of nitrogens with one attached hydrogen (secondary N) is 1. The Balaban J connectivity index is 1.59. The molecule has 2 heterocycles. The van der Waals surface area contributed by atoms with E-state index in [9.17, 15) is 14.4 Å². The Morgan fingerprint density at radius 3 is 2.75 bits per heavy atom. The number of carbonyl (C=O) groups is 2. The lowest BCUT2D eigenvalue weighted by Crippen LogP contribution is -2.14. The third-order valence-electron chi connectivity index (χ3n) is 3.38. The van der Waals surface area contributed by atoms with Gasteiger partial charge in [-0.15, -0.1) is 10.2 Å². The van der Waals surface area contributed by atoms with Crippen molar-refractivity contribution in [1.82, 2.24) is 10.2 Å². The molecule has 144 valence electrons. The minimum atomic E-state index is -0.634. The molecule has 0 unspecified atom stereocenters. The summed E-state index contributed by atoms with van der Waals surface area (Å²) in [5.41, 5.74) is -0.122. The summed E-state index contributed by atoms with van der Waals surface area (Å²) in [4.78, 5) is 35.5. The zero-order valence-electron chi connectivity index (χ0n) is 14.7. The lowest BCUT2D eigenvalue weighted by atomic mass is 10.2. The van der Waals surface area contributed by atoms with Crippen LogP contribution in [-0.4, -0.2) is 22.1 Å². The topological polar surface area (TPSA) is 111 Å². The average Bonchev–Trinajstić information content (AvgIpc) is 3.16. The Morgan fingerprint density at radius 2 is 2.04 bits per heavy atom. The van der Waals surface area contributed by atoms with Crippen LogP contribution in [0, 0.1) is 0 Å². The molecule has 28 heavy (non-hydrogen) atoms. The van der Waals surface area contributed by atoms with Crippen LogP contribution in [0.5, 0.6) is 5.75 Å². The van der Waals surface area contributed by atoms with Crippen LogP contribution < -0.4 is 15.5 Å².